The average Bonchev–Trinajstić information content (AvgIpc) is 3.09. The zero-order chi connectivity index (χ0) is 20.5. The summed E-state index contributed by atoms with van der Waals surface area (Å²) in [4.78, 5) is 18.6. The number of guanidine groups is 1. The summed E-state index contributed by atoms with van der Waals surface area (Å²) in [7, 11) is 1.67. The molecule has 7 nitrogen and oxygen atoms in total. The third-order valence-electron chi connectivity index (χ3n) is 4.41. The summed E-state index contributed by atoms with van der Waals surface area (Å²) in [5, 5.41) is 10.3. The van der Waals surface area contributed by atoms with E-state index in [0.717, 1.165) is 43.5 Å². The number of amides is 1. The van der Waals surface area contributed by atoms with Crippen LogP contribution in [0.15, 0.2) is 23.2 Å². The van der Waals surface area contributed by atoms with E-state index in [1.54, 1.807) is 7.11 Å². The molecule has 0 radical (unpaired) electrons. The number of nitrogens with one attached hydrogen (secondary N) is 3. The summed E-state index contributed by atoms with van der Waals surface area (Å²) in [6.07, 6.45) is 1.36. The van der Waals surface area contributed by atoms with Gasteiger partial charge < -0.3 is 25.6 Å². The first-order valence-electron chi connectivity index (χ1n) is 9.85. The maximum Gasteiger partial charge on any atom is 0.222 e. The Morgan fingerprint density at radius 3 is 2.83 bits per heavy atom. The molecule has 1 unspecified atom stereocenters. The van der Waals surface area contributed by atoms with Crippen LogP contribution in [-0.2, 0) is 4.79 Å². The van der Waals surface area contributed by atoms with Gasteiger partial charge >= 0.3 is 0 Å². The van der Waals surface area contributed by atoms with Gasteiger partial charge in [0, 0.05) is 43.2 Å². The number of aliphatic imine (C=N–C) groups is 1. The van der Waals surface area contributed by atoms with Crippen molar-refractivity contribution in [3.8, 4) is 5.75 Å². The van der Waals surface area contributed by atoms with Crippen molar-refractivity contribution in [3.63, 3.8) is 0 Å². The Balaban J connectivity index is 0.00000420. The summed E-state index contributed by atoms with van der Waals surface area (Å²) in [6, 6.07) is 6.07. The van der Waals surface area contributed by atoms with Crippen molar-refractivity contribution in [2.24, 2.45) is 4.99 Å². The normalized spacial score (nSPS) is 16.4. The third kappa shape index (κ3) is 8.46. The number of hydrogen-bond acceptors (Lipinski definition) is 4. The maximum atomic E-state index is 11.8. The Morgan fingerprint density at radius 1 is 1.41 bits per heavy atom. The lowest BCUT2D eigenvalue weighted by Crippen LogP contribution is -2.44. The second kappa shape index (κ2) is 13.0. The van der Waals surface area contributed by atoms with Gasteiger partial charge in [-0.25, -0.2) is 0 Å². The lowest BCUT2D eigenvalue weighted by atomic mass is 10.2. The molecule has 1 atom stereocenters. The van der Waals surface area contributed by atoms with E-state index in [1.807, 2.05) is 39.0 Å². The van der Waals surface area contributed by atoms with Crippen molar-refractivity contribution in [3.05, 3.63) is 23.2 Å². The van der Waals surface area contributed by atoms with Crippen LogP contribution in [0.5, 0.6) is 5.75 Å². The van der Waals surface area contributed by atoms with Gasteiger partial charge in [0.15, 0.2) is 5.96 Å². The summed E-state index contributed by atoms with van der Waals surface area (Å²) < 4.78 is 5.48. The lowest BCUT2D eigenvalue weighted by Gasteiger charge is -2.22. The van der Waals surface area contributed by atoms with Crippen LogP contribution in [0.3, 0.4) is 0 Å². The Labute approximate surface area is 196 Å². The van der Waals surface area contributed by atoms with E-state index in [4.69, 9.17) is 16.3 Å². The molecule has 1 fully saturated rings. The molecule has 1 amide bonds. The smallest absolute Gasteiger partial charge is 0.222 e. The minimum absolute atomic E-state index is 0. The van der Waals surface area contributed by atoms with E-state index < -0.39 is 0 Å². The van der Waals surface area contributed by atoms with Gasteiger partial charge in [0.1, 0.15) is 5.75 Å². The van der Waals surface area contributed by atoms with Crippen LogP contribution in [0, 0.1) is 0 Å². The van der Waals surface area contributed by atoms with Gasteiger partial charge in [0.25, 0.3) is 0 Å². The zero-order valence-electron chi connectivity index (χ0n) is 17.6. The van der Waals surface area contributed by atoms with Crippen LogP contribution in [0.1, 0.15) is 33.6 Å². The molecule has 29 heavy (non-hydrogen) atoms. The molecule has 0 spiro atoms. The second-order valence-corrected chi connectivity index (χ2v) is 7.56. The molecule has 0 aromatic heterocycles. The number of benzene rings is 1. The van der Waals surface area contributed by atoms with E-state index in [9.17, 15) is 4.79 Å². The van der Waals surface area contributed by atoms with Crippen LogP contribution in [0.4, 0.5) is 5.69 Å². The van der Waals surface area contributed by atoms with Gasteiger partial charge in [0.2, 0.25) is 5.91 Å². The molecule has 0 saturated carbocycles. The summed E-state index contributed by atoms with van der Waals surface area (Å²) >= 11 is 6.17. The van der Waals surface area contributed by atoms with E-state index in [0.29, 0.717) is 18.0 Å². The maximum absolute atomic E-state index is 11.8. The summed E-state index contributed by atoms with van der Waals surface area (Å²) in [5.41, 5.74) is 1.01. The molecule has 1 aromatic carbocycles. The molecule has 3 N–H and O–H groups in total. The predicted molar refractivity (Wildman–Crippen MR) is 131 cm³/mol. The molecule has 2 rings (SSSR count). The van der Waals surface area contributed by atoms with Crippen molar-refractivity contribution in [1.29, 1.82) is 0 Å². The quantitative estimate of drug-likeness (QED) is 0.270. The van der Waals surface area contributed by atoms with Crippen LogP contribution >= 0.6 is 35.6 Å². The Hall–Kier alpha value is -1.42. The van der Waals surface area contributed by atoms with E-state index in [-0.39, 0.29) is 42.0 Å². The molecule has 0 bridgehead atoms. The number of nitrogens with zero attached hydrogens (tertiary/aromatic N) is 2. The van der Waals surface area contributed by atoms with E-state index in [1.165, 1.54) is 0 Å². The molecule has 1 saturated heterocycles. The first kappa shape index (κ1) is 25.6. The average molecular weight is 538 g/mol. The fourth-order valence-electron chi connectivity index (χ4n) is 3.18. The number of anilines is 1. The monoisotopic (exact) mass is 537 g/mol. The highest BCUT2D eigenvalue weighted by Gasteiger charge is 2.25. The highest BCUT2D eigenvalue weighted by molar-refractivity contribution is 14.0. The van der Waals surface area contributed by atoms with Crippen LogP contribution < -0.4 is 25.6 Å². The van der Waals surface area contributed by atoms with Gasteiger partial charge in [-0.3, -0.25) is 9.79 Å². The lowest BCUT2D eigenvalue weighted by molar-refractivity contribution is -0.121. The Kier molecular flexibility index (Phi) is 11.5. The Morgan fingerprint density at radius 2 is 2.17 bits per heavy atom. The molecule has 9 heteroatoms. The number of rotatable bonds is 8. The van der Waals surface area contributed by atoms with E-state index >= 15 is 0 Å². The number of ether oxygens (including phenoxy) is 1. The van der Waals surface area contributed by atoms with Gasteiger partial charge in [0.05, 0.1) is 19.3 Å². The molecule has 1 aliphatic rings. The number of carbonyl (C=O) groups excluding carboxylic acids is 1. The van der Waals surface area contributed by atoms with Crippen molar-refractivity contribution in [2.45, 2.75) is 45.7 Å². The largest absolute Gasteiger partial charge is 0.495 e. The SMILES string of the molecule is CCNC(=NCCC(=O)NC(C)C)NC1CCN(c2cc(Cl)ccc2OC)C1.I. The van der Waals surface area contributed by atoms with Crippen molar-refractivity contribution in [2.75, 3.05) is 38.2 Å². The van der Waals surface area contributed by atoms with Gasteiger partial charge in [-0.15, -0.1) is 24.0 Å². The van der Waals surface area contributed by atoms with Crippen LogP contribution in [-0.4, -0.2) is 57.2 Å². The highest BCUT2D eigenvalue weighted by atomic mass is 127. The van der Waals surface area contributed by atoms with Crippen molar-refractivity contribution >= 4 is 53.1 Å². The number of halogens is 2. The minimum Gasteiger partial charge on any atom is -0.495 e. The zero-order valence-corrected chi connectivity index (χ0v) is 20.7. The molecule has 1 heterocycles. The molecule has 0 aliphatic carbocycles. The molecule has 164 valence electrons. The summed E-state index contributed by atoms with van der Waals surface area (Å²) in [6.45, 7) is 8.89. The van der Waals surface area contributed by atoms with Gasteiger partial charge in [-0.2, -0.15) is 0 Å². The number of methoxy groups -OCH3 is 1. The fraction of sp³-hybridized carbons (Fsp3) is 0.600. The molecular weight excluding hydrogens is 505 g/mol. The molecular formula is C20H33ClIN5O2. The topological polar surface area (TPSA) is 78.0 Å². The minimum atomic E-state index is 0. The second-order valence-electron chi connectivity index (χ2n) is 7.12. The first-order valence-corrected chi connectivity index (χ1v) is 10.2. The van der Waals surface area contributed by atoms with Crippen LogP contribution in [0.2, 0.25) is 5.02 Å². The Bertz CT molecular complexity index is 687. The first-order chi connectivity index (χ1) is 13.4. The van der Waals surface area contributed by atoms with Crippen molar-refractivity contribution in [1.82, 2.24) is 16.0 Å². The van der Waals surface area contributed by atoms with Crippen molar-refractivity contribution < 1.29 is 9.53 Å². The molecule has 1 aliphatic heterocycles. The third-order valence-corrected chi connectivity index (χ3v) is 4.65. The predicted octanol–water partition coefficient (Wildman–Crippen LogP) is 3.02. The standard InChI is InChI=1S/C20H32ClN5O2.HI/c1-5-22-20(23-10-8-19(27)24-14(2)3)25-16-9-11-26(13-16)17-12-15(21)6-7-18(17)28-4;/h6-7,12,14,16H,5,8-11,13H2,1-4H3,(H,24,27)(H2,22,23,25);1H. The number of carbonyl (C=O) groups is 1. The molecule has 1 aromatic rings. The highest BCUT2D eigenvalue weighted by Crippen LogP contribution is 2.33. The van der Waals surface area contributed by atoms with Gasteiger partial charge in [-0.05, 0) is 45.4 Å². The number of hydrogen-bond donors (Lipinski definition) is 3. The van der Waals surface area contributed by atoms with Gasteiger partial charge in [-0.1, -0.05) is 11.6 Å². The van der Waals surface area contributed by atoms with E-state index in [2.05, 4.69) is 25.8 Å². The summed E-state index contributed by atoms with van der Waals surface area (Å²) in [5.74, 6) is 1.58. The fourth-order valence-corrected chi connectivity index (χ4v) is 3.35. The van der Waals surface area contributed by atoms with Crippen LogP contribution in [0.25, 0.3) is 0 Å².